The zero-order chi connectivity index (χ0) is 3.41. The number of carbonyl (C=O) groups excluding carboxylic acids is 1. The molecule has 5 heavy (non-hydrogen) atoms. The largest absolute Gasteiger partial charge is 0.344 e. The highest BCUT2D eigenvalue weighted by Crippen LogP contribution is 1.53. The Balaban J connectivity index is 0. The van der Waals surface area contributed by atoms with Crippen LogP contribution in [0.15, 0.2) is 0 Å². The molecule has 0 aliphatic rings. The quantitative estimate of drug-likeness (QED) is 0.497. The molecular formula is C3H8NO. The number of hydrogen-bond acceptors (Lipinski definition) is 2. The summed E-state index contributed by atoms with van der Waals surface area (Å²) in [4.78, 5) is 9.05. The van der Waals surface area contributed by atoms with E-state index in [1.54, 1.807) is 13.2 Å². The fourth-order valence-electron chi connectivity index (χ4n) is 0. The molecule has 0 aromatic carbocycles. The minimum absolute atomic E-state index is 0. The summed E-state index contributed by atoms with van der Waals surface area (Å²) in [7, 11) is 0. The van der Waals surface area contributed by atoms with Gasteiger partial charge >= 0.3 is 0 Å². The second-order valence-corrected chi connectivity index (χ2v) is 0.498. The third kappa shape index (κ3) is 24.3. The normalized spacial score (nSPS) is 5.00. The van der Waals surface area contributed by atoms with Crippen LogP contribution in [0.5, 0.6) is 0 Å². The van der Waals surface area contributed by atoms with Crippen molar-refractivity contribution in [3.63, 3.8) is 0 Å². The van der Waals surface area contributed by atoms with Crippen LogP contribution in [0.3, 0.4) is 0 Å². The summed E-state index contributed by atoms with van der Waals surface area (Å²) in [6, 6.07) is 0. The Morgan fingerprint density at radius 1 is 1.80 bits per heavy atom. The van der Waals surface area contributed by atoms with Crippen molar-refractivity contribution in [3.8, 4) is 0 Å². The van der Waals surface area contributed by atoms with E-state index in [9.17, 15) is 0 Å². The predicted octanol–water partition coefficient (Wildman–Crippen LogP) is 0.668. The maximum absolute atomic E-state index is 9.05. The van der Waals surface area contributed by atoms with E-state index in [2.05, 4.69) is 0 Å². The predicted molar refractivity (Wildman–Crippen MR) is 21.0 cm³/mol. The van der Waals surface area contributed by atoms with Crippen molar-refractivity contribution >= 4 is 6.29 Å². The van der Waals surface area contributed by atoms with Crippen LogP contribution < -0.4 is 6.15 Å². The van der Waals surface area contributed by atoms with Gasteiger partial charge in [-0.1, -0.05) is 6.92 Å². The molecule has 2 heteroatoms. The summed E-state index contributed by atoms with van der Waals surface area (Å²) < 4.78 is 0. The first-order chi connectivity index (χ1) is 1.91. The summed E-state index contributed by atoms with van der Waals surface area (Å²) >= 11 is 0. The molecule has 0 saturated carbocycles. The smallest absolute Gasteiger partial charge is 0.198 e. The molecule has 0 aromatic rings. The molecule has 0 heterocycles. The zero-order valence-electron chi connectivity index (χ0n) is 3.32. The molecule has 0 aliphatic carbocycles. The monoisotopic (exact) mass is 74.1 g/mol. The fraction of sp³-hybridized carbons (Fsp3) is 0.667. The Morgan fingerprint density at radius 3 is 2.00 bits per heavy atom. The van der Waals surface area contributed by atoms with E-state index in [0.29, 0.717) is 6.42 Å². The van der Waals surface area contributed by atoms with E-state index in [4.69, 9.17) is 4.79 Å². The average Bonchev–Trinajstić information content (AvgIpc) is 1.37. The van der Waals surface area contributed by atoms with Gasteiger partial charge in [0.1, 0.15) is 0 Å². The van der Waals surface area contributed by atoms with Gasteiger partial charge in [0.25, 0.3) is 0 Å². The SMILES string of the molecule is CC[C]=O.N. The van der Waals surface area contributed by atoms with Gasteiger partial charge in [-0.3, -0.25) is 4.79 Å². The highest BCUT2D eigenvalue weighted by atomic mass is 16.1. The summed E-state index contributed by atoms with van der Waals surface area (Å²) in [5.41, 5.74) is 0. The lowest BCUT2D eigenvalue weighted by Crippen LogP contribution is -1.54. The van der Waals surface area contributed by atoms with E-state index in [1.165, 1.54) is 0 Å². The second-order valence-electron chi connectivity index (χ2n) is 0.498. The average molecular weight is 74.1 g/mol. The second kappa shape index (κ2) is 9.45. The first kappa shape index (κ1) is 8.82. The lowest BCUT2D eigenvalue weighted by molar-refractivity contribution is 0.554. The van der Waals surface area contributed by atoms with Gasteiger partial charge in [-0.25, -0.2) is 0 Å². The van der Waals surface area contributed by atoms with Gasteiger partial charge in [0.2, 0.25) is 0 Å². The third-order valence-corrected chi connectivity index (χ3v) is 0.144. The minimum atomic E-state index is 0. The zero-order valence-corrected chi connectivity index (χ0v) is 3.32. The van der Waals surface area contributed by atoms with Crippen LogP contribution in [0.1, 0.15) is 13.3 Å². The molecule has 0 saturated heterocycles. The van der Waals surface area contributed by atoms with E-state index in [0.717, 1.165) is 0 Å². The van der Waals surface area contributed by atoms with Gasteiger partial charge in [0, 0.05) is 6.42 Å². The third-order valence-electron chi connectivity index (χ3n) is 0.144. The fourth-order valence-corrected chi connectivity index (χ4v) is 0. The highest BCUT2D eigenvalue weighted by molar-refractivity contribution is 5.49. The van der Waals surface area contributed by atoms with Crippen molar-refractivity contribution in [2.75, 3.05) is 0 Å². The van der Waals surface area contributed by atoms with Gasteiger partial charge in [0.05, 0.1) is 0 Å². The van der Waals surface area contributed by atoms with Crippen LogP contribution in [-0.4, -0.2) is 6.29 Å². The maximum Gasteiger partial charge on any atom is 0.198 e. The maximum atomic E-state index is 9.05. The van der Waals surface area contributed by atoms with E-state index < -0.39 is 0 Å². The molecule has 0 amide bonds. The molecule has 2 nitrogen and oxygen atoms in total. The van der Waals surface area contributed by atoms with Gasteiger partial charge in [0.15, 0.2) is 6.29 Å². The van der Waals surface area contributed by atoms with Crippen LogP contribution in [0.2, 0.25) is 0 Å². The van der Waals surface area contributed by atoms with Crippen LogP contribution in [0.25, 0.3) is 0 Å². The summed E-state index contributed by atoms with van der Waals surface area (Å²) in [6.45, 7) is 1.76. The van der Waals surface area contributed by atoms with Crippen LogP contribution >= 0.6 is 0 Å². The Labute approximate surface area is 31.8 Å². The van der Waals surface area contributed by atoms with Gasteiger partial charge in [-0.15, -0.1) is 0 Å². The van der Waals surface area contributed by atoms with Crippen molar-refractivity contribution in [1.82, 2.24) is 6.15 Å². The van der Waals surface area contributed by atoms with E-state index >= 15 is 0 Å². The molecule has 0 rings (SSSR count). The van der Waals surface area contributed by atoms with Gasteiger partial charge in [-0.2, -0.15) is 0 Å². The van der Waals surface area contributed by atoms with Gasteiger partial charge < -0.3 is 6.15 Å². The molecular weight excluding hydrogens is 66.0 g/mol. The van der Waals surface area contributed by atoms with Gasteiger partial charge in [-0.05, 0) is 0 Å². The minimum Gasteiger partial charge on any atom is -0.344 e. The molecule has 0 aliphatic heterocycles. The summed E-state index contributed by atoms with van der Waals surface area (Å²) in [5, 5.41) is 0. The Morgan fingerprint density at radius 2 is 2.00 bits per heavy atom. The molecule has 0 spiro atoms. The van der Waals surface area contributed by atoms with Crippen molar-refractivity contribution in [2.45, 2.75) is 13.3 Å². The first-order valence-corrected chi connectivity index (χ1v) is 1.26. The molecule has 0 fully saturated rings. The molecule has 0 unspecified atom stereocenters. The molecule has 1 radical (unpaired) electrons. The Kier molecular flexibility index (Phi) is 16.7. The lowest BCUT2D eigenvalue weighted by atomic mass is 10.6. The molecule has 3 N–H and O–H groups in total. The van der Waals surface area contributed by atoms with Crippen molar-refractivity contribution < 1.29 is 4.79 Å². The van der Waals surface area contributed by atoms with Crippen LogP contribution in [-0.2, 0) is 4.79 Å². The Bertz CT molecular complexity index is 20.9. The summed E-state index contributed by atoms with van der Waals surface area (Å²) in [5.74, 6) is 0. The number of rotatable bonds is 1. The highest BCUT2D eigenvalue weighted by Gasteiger charge is 1.55. The van der Waals surface area contributed by atoms with Crippen molar-refractivity contribution in [1.29, 1.82) is 0 Å². The molecule has 0 bridgehead atoms. The lowest BCUT2D eigenvalue weighted by Gasteiger charge is -1.48. The van der Waals surface area contributed by atoms with Crippen molar-refractivity contribution in [2.24, 2.45) is 0 Å². The molecule has 0 atom stereocenters. The molecule has 0 aromatic heterocycles. The van der Waals surface area contributed by atoms with Crippen LogP contribution in [0.4, 0.5) is 0 Å². The van der Waals surface area contributed by atoms with E-state index in [-0.39, 0.29) is 6.15 Å². The summed E-state index contributed by atoms with van der Waals surface area (Å²) in [6.07, 6.45) is 2.19. The van der Waals surface area contributed by atoms with E-state index in [1.807, 2.05) is 0 Å². The van der Waals surface area contributed by atoms with Crippen LogP contribution in [0, 0.1) is 0 Å². The first-order valence-electron chi connectivity index (χ1n) is 1.26. The molecule has 31 valence electrons. The standard InChI is InChI=1S/C3H5O.H3N/c1-2-3-4;/h2H2,1H3;1H3. The van der Waals surface area contributed by atoms with Crippen molar-refractivity contribution in [3.05, 3.63) is 0 Å². The Hall–Kier alpha value is -0.370. The topological polar surface area (TPSA) is 52.1 Å². The number of hydrogen-bond donors (Lipinski definition) is 1.